The van der Waals surface area contributed by atoms with Crippen molar-refractivity contribution in [2.24, 2.45) is 5.92 Å². The molecule has 0 unspecified atom stereocenters. The SMILES string of the molecule is O=C(c1ccc(C(F)(F)F)[nH]c1=O)N1CC[C@H](CO)[C@@H](O)C1. The predicted molar refractivity (Wildman–Crippen MR) is 69.2 cm³/mol. The molecule has 122 valence electrons. The summed E-state index contributed by atoms with van der Waals surface area (Å²) in [7, 11) is 0. The fourth-order valence-electron chi connectivity index (χ4n) is 2.36. The van der Waals surface area contributed by atoms with Crippen molar-refractivity contribution >= 4 is 5.91 Å². The number of aliphatic hydroxyl groups is 2. The van der Waals surface area contributed by atoms with Gasteiger partial charge in [-0.25, -0.2) is 0 Å². The lowest BCUT2D eigenvalue weighted by Gasteiger charge is -2.35. The molecule has 1 aliphatic rings. The van der Waals surface area contributed by atoms with E-state index in [1.165, 1.54) is 4.90 Å². The molecular formula is C13H15F3N2O4. The zero-order chi connectivity index (χ0) is 16.5. The summed E-state index contributed by atoms with van der Waals surface area (Å²) in [6.45, 7) is -0.0871. The molecule has 1 fully saturated rings. The van der Waals surface area contributed by atoms with Crippen molar-refractivity contribution in [1.29, 1.82) is 0 Å². The number of hydrogen-bond acceptors (Lipinski definition) is 4. The Kier molecular flexibility index (Phi) is 4.57. The minimum absolute atomic E-state index is 0.0788. The second-order valence-electron chi connectivity index (χ2n) is 5.16. The Hall–Kier alpha value is -1.87. The number of rotatable bonds is 2. The molecule has 6 nitrogen and oxygen atoms in total. The molecule has 1 saturated heterocycles. The number of aromatic nitrogens is 1. The molecule has 0 spiro atoms. The van der Waals surface area contributed by atoms with Gasteiger partial charge in [-0.15, -0.1) is 0 Å². The van der Waals surface area contributed by atoms with Crippen molar-refractivity contribution in [3.63, 3.8) is 0 Å². The number of hydrogen-bond donors (Lipinski definition) is 3. The molecule has 0 aliphatic carbocycles. The molecule has 22 heavy (non-hydrogen) atoms. The van der Waals surface area contributed by atoms with E-state index >= 15 is 0 Å². The van der Waals surface area contributed by atoms with Crippen LogP contribution in [0.2, 0.25) is 0 Å². The average molecular weight is 320 g/mol. The van der Waals surface area contributed by atoms with Crippen molar-refractivity contribution in [3.05, 3.63) is 33.7 Å². The number of amides is 1. The van der Waals surface area contributed by atoms with Gasteiger partial charge in [-0.3, -0.25) is 9.59 Å². The van der Waals surface area contributed by atoms with Crippen molar-refractivity contribution < 1.29 is 28.2 Å². The van der Waals surface area contributed by atoms with Crippen LogP contribution in [0.15, 0.2) is 16.9 Å². The summed E-state index contributed by atoms with van der Waals surface area (Å²) < 4.78 is 37.4. The highest BCUT2D eigenvalue weighted by molar-refractivity contribution is 5.93. The normalized spacial score (nSPS) is 22.7. The minimum Gasteiger partial charge on any atom is -0.396 e. The second kappa shape index (κ2) is 6.09. The summed E-state index contributed by atoms with van der Waals surface area (Å²) in [5.74, 6) is -1.10. The van der Waals surface area contributed by atoms with Gasteiger partial charge in [0, 0.05) is 25.6 Å². The number of β-amino-alcohol motifs (C(OH)–C–C–N with tert-alkyl or cyclic N) is 1. The Balaban J connectivity index is 2.19. The standard InChI is InChI=1S/C13H15F3N2O4/c14-13(15,16)10-2-1-8(11(21)17-10)12(22)18-4-3-7(6-19)9(20)5-18/h1-2,7,9,19-20H,3-6H2,(H,17,21)/t7-,9+/m1/s1. The number of likely N-dealkylation sites (tertiary alicyclic amines) is 1. The Morgan fingerprint density at radius 3 is 2.59 bits per heavy atom. The van der Waals surface area contributed by atoms with Crippen LogP contribution in [0.5, 0.6) is 0 Å². The summed E-state index contributed by atoms with van der Waals surface area (Å²) in [4.78, 5) is 26.7. The lowest BCUT2D eigenvalue weighted by molar-refractivity contribution is -0.141. The lowest BCUT2D eigenvalue weighted by atomic mass is 9.94. The number of aromatic amines is 1. The van der Waals surface area contributed by atoms with Crippen LogP contribution >= 0.6 is 0 Å². The third kappa shape index (κ3) is 3.30. The van der Waals surface area contributed by atoms with Crippen molar-refractivity contribution in [3.8, 4) is 0 Å². The smallest absolute Gasteiger partial charge is 0.396 e. The summed E-state index contributed by atoms with van der Waals surface area (Å²) in [6, 6.07) is 1.46. The van der Waals surface area contributed by atoms with E-state index in [1.807, 2.05) is 0 Å². The highest BCUT2D eigenvalue weighted by Gasteiger charge is 2.34. The number of nitrogens with one attached hydrogen (secondary N) is 1. The van der Waals surface area contributed by atoms with Gasteiger partial charge in [0.1, 0.15) is 11.3 Å². The van der Waals surface area contributed by atoms with Gasteiger partial charge in [0.25, 0.3) is 11.5 Å². The molecule has 1 aromatic heterocycles. The van der Waals surface area contributed by atoms with Crippen LogP contribution in [0.1, 0.15) is 22.5 Å². The Morgan fingerprint density at radius 2 is 2.09 bits per heavy atom. The molecule has 1 aliphatic heterocycles. The molecule has 0 aromatic carbocycles. The summed E-state index contributed by atoms with van der Waals surface area (Å²) in [5.41, 5.74) is -2.77. The number of halogens is 3. The largest absolute Gasteiger partial charge is 0.431 e. The quantitative estimate of drug-likeness (QED) is 0.726. The zero-order valence-electron chi connectivity index (χ0n) is 11.4. The number of H-pyrrole nitrogens is 1. The Bertz CT molecular complexity index is 614. The molecule has 0 radical (unpaired) electrons. The number of nitrogens with zero attached hydrogens (tertiary/aromatic N) is 1. The summed E-state index contributed by atoms with van der Waals surface area (Å²) >= 11 is 0. The minimum atomic E-state index is -4.70. The molecule has 9 heteroatoms. The molecular weight excluding hydrogens is 305 g/mol. The van der Waals surface area contributed by atoms with Crippen molar-refractivity contribution in [2.75, 3.05) is 19.7 Å². The number of carbonyl (C=O) groups excluding carboxylic acids is 1. The van der Waals surface area contributed by atoms with E-state index in [4.69, 9.17) is 5.11 Å². The van der Waals surface area contributed by atoms with Gasteiger partial charge in [0.05, 0.1) is 6.10 Å². The second-order valence-corrected chi connectivity index (χ2v) is 5.16. The lowest BCUT2D eigenvalue weighted by Crippen LogP contribution is -2.48. The fraction of sp³-hybridized carbons (Fsp3) is 0.538. The monoisotopic (exact) mass is 320 g/mol. The number of alkyl halides is 3. The number of pyridine rings is 1. The first kappa shape index (κ1) is 16.5. The first-order valence-corrected chi connectivity index (χ1v) is 6.62. The molecule has 1 aromatic rings. The highest BCUT2D eigenvalue weighted by Crippen LogP contribution is 2.26. The van der Waals surface area contributed by atoms with Crippen molar-refractivity contribution in [2.45, 2.75) is 18.7 Å². The van der Waals surface area contributed by atoms with Crippen LogP contribution in [0.3, 0.4) is 0 Å². The van der Waals surface area contributed by atoms with Crippen LogP contribution in [-0.2, 0) is 6.18 Å². The van der Waals surface area contributed by atoms with Crippen LogP contribution in [0.4, 0.5) is 13.2 Å². The molecule has 2 rings (SSSR count). The maximum absolute atomic E-state index is 12.5. The number of aliphatic hydroxyl groups excluding tert-OH is 2. The van der Waals surface area contributed by atoms with E-state index in [9.17, 15) is 27.9 Å². The average Bonchev–Trinajstić information content (AvgIpc) is 2.45. The van der Waals surface area contributed by atoms with E-state index in [2.05, 4.69) is 0 Å². The highest BCUT2D eigenvalue weighted by atomic mass is 19.4. The summed E-state index contributed by atoms with van der Waals surface area (Å²) in [5, 5.41) is 18.8. The fourth-order valence-corrected chi connectivity index (χ4v) is 2.36. The van der Waals surface area contributed by atoms with Gasteiger partial charge in [-0.2, -0.15) is 13.2 Å². The van der Waals surface area contributed by atoms with Gasteiger partial charge in [0.15, 0.2) is 0 Å². The topological polar surface area (TPSA) is 93.6 Å². The molecule has 3 N–H and O–H groups in total. The Labute approximate surface area is 123 Å². The maximum atomic E-state index is 12.5. The van der Waals surface area contributed by atoms with E-state index in [0.29, 0.717) is 12.5 Å². The van der Waals surface area contributed by atoms with Gasteiger partial charge >= 0.3 is 6.18 Å². The molecule has 2 atom stereocenters. The summed E-state index contributed by atoms with van der Waals surface area (Å²) in [6.07, 6.45) is -5.28. The van der Waals surface area contributed by atoms with Crippen LogP contribution < -0.4 is 5.56 Å². The van der Waals surface area contributed by atoms with Gasteiger partial charge in [-0.1, -0.05) is 0 Å². The van der Waals surface area contributed by atoms with Crippen LogP contribution in [0, 0.1) is 5.92 Å². The number of piperidine rings is 1. The molecule has 2 heterocycles. The van der Waals surface area contributed by atoms with Gasteiger partial charge in [0.2, 0.25) is 0 Å². The number of carbonyl (C=O) groups is 1. The van der Waals surface area contributed by atoms with Gasteiger partial charge in [-0.05, 0) is 18.6 Å². The maximum Gasteiger partial charge on any atom is 0.431 e. The third-order valence-corrected chi connectivity index (χ3v) is 3.69. The zero-order valence-corrected chi connectivity index (χ0v) is 11.4. The van der Waals surface area contributed by atoms with Gasteiger partial charge < -0.3 is 20.1 Å². The molecule has 0 bridgehead atoms. The first-order chi connectivity index (χ1) is 10.2. The van der Waals surface area contributed by atoms with E-state index in [1.54, 1.807) is 4.98 Å². The molecule has 0 saturated carbocycles. The van der Waals surface area contributed by atoms with E-state index in [0.717, 1.165) is 6.07 Å². The molecule has 1 amide bonds. The van der Waals surface area contributed by atoms with Crippen molar-refractivity contribution in [1.82, 2.24) is 9.88 Å². The van der Waals surface area contributed by atoms with E-state index in [-0.39, 0.29) is 25.6 Å². The van der Waals surface area contributed by atoms with E-state index < -0.39 is 35.0 Å². The Morgan fingerprint density at radius 1 is 1.41 bits per heavy atom. The van der Waals surface area contributed by atoms with Crippen LogP contribution in [-0.4, -0.2) is 51.8 Å². The third-order valence-electron chi connectivity index (χ3n) is 3.69. The van der Waals surface area contributed by atoms with Crippen LogP contribution in [0.25, 0.3) is 0 Å². The first-order valence-electron chi connectivity index (χ1n) is 6.62. The predicted octanol–water partition coefficient (Wildman–Crippen LogP) is 0.209.